The van der Waals surface area contributed by atoms with Crippen LogP contribution in [-0.4, -0.2) is 68.4 Å². The summed E-state index contributed by atoms with van der Waals surface area (Å²) in [5, 5.41) is 10.4. The number of aromatic nitrogens is 7. The largest absolute Gasteiger partial charge is 0.355 e. The number of nitrogens with zero attached hydrogens (tertiary/aromatic N) is 7. The average Bonchev–Trinajstić information content (AvgIpc) is 3.19. The Kier molecular flexibility index (Phi) is 3.08. The van der Waals surface area contributed by atoms with Gasteiger partial charge in [0.15, 0.2) is 11.5 Å². The molecule has 2 aliphatic heterocycles. The van der Waals surface area contributed by atoms with E-state index in [-0.39, 0.29) is 11.0 Å². The van der Waals surface area contributed by atoms with Crippen molar-refractivity contribution >= 4 is 16.4 Å². The van der Waals surface area contributed by atoms with Crippen LogP contribution in [0.3, 0.4) is 0 Å². The second-order valence-electron chi connectivity index (χ2n) is 6.83. The van der Waals surface area contributed by atoms with Crippen molar-refractivity contribution in [3.63, 3.8) is 0 Å². The minimum atomic E-state index is -2.35. The highest BCUT2D eigenvalue weighted by atomic mass is 32.3. The molecule has 3 aromatic rings. The Hall–Kier alpha value is -2.70. The van der Waals surface area contributed by atoms with Gasteiger partial charge in [0.05, 0.1) is 18.6 Å². The van der Waals surface area contributed by atoms with Crippen molar-refractivity contribution in [2.45, 2.75) is 0 Å². The van der Waals surface area contributed by atoms with Gasteiger partial charge in [-0.25, -0.2) is 14.6 Å². The molecular weight excluding hydrogens is 360 g/mol. The zero-order valence-corrected chi connectivity index (χ0v) is 14.4. The van der Waals surface area contributed by atoms with Gasteiger partial charge in [0.25, 0.3) is 5.56 Å². The lowest BCUT2D eigenvalue weighted by Gasteiger charge is -2.64. The van der Waals surface area contributed by atoms with Crippen molar-refractivity contribution in [1.29, 1.82) is 0 Å². The lowest BCUT2D eigenvalue weighted by molar-refractivity contribution is 0.231. The SMILES string of the molecule is O=c1c(-n2ccnn2)c[nH]n1-c1cc(N2CC3(C2)CS(O)(O)C3)ncn1. The number of rotatable bonds is 3. The quantitative estimate of drug-likeness (QED) is 0.585. The summed E-state index contributed by atoms with van der Waals surface area (Å²) < 4.78 is 21.9. The minimum absolute atomic E-state index is 0.00647. The van der Waals surface area contributed by atoms with E-state index in [0.717, 1.165) is 13.1 Å². The molecule has 0 unspecified atom stereocenters. The first-order chi connectivity index (χ1) is 12.4. The smallest absolute Gasteiger partial charge is 0.298 e. The third-order valence-electron chi connectivity index (χ3n) is 4.74. The molecule has 0 radical (unpaired) electrons. The molecule has 5 heterocycles. The molecule has 0 aromatic carbocycles. The molecule has 0 atom stereocenters. The van der Waals surface area contributed by atoms with Crippen molar-refractivity contribution in [2.24, 2.45) is 5.41 Å². The van der Waals surface area contributed by atoms with Crippen LogP contribution in [0, 0.1) is 5.41 Å². The van der Waals surface area contributed by atoms with Gasteiger partial charge in [-0.3, -0.25) is 19.0 Å². The monoisotopic (exact) mass is 376 g/mol. The number of aromatic amines is 1. The summed E-state index contributed by atoms with van der Waals surface area (Å²) in [5.74, 6) is 2.05. The third kappa shape index (κ3) is 2.34. The van der Waals surface area contributed by atoms with E-state index >= 15 is 0 Å². The maximum Gasteiger partial charge on any atom is 0.298 e. The number of nitrogens with one attached hydrogen (secondary N) is 1. The Labute approximate surface area is 148 Å². The summed E-state index contributed by atoms with van der Waals surface area (Å²) >= 11 is 0. The van der Waals surface area contributed by atoms with E-state index in [0.29, 0.717) is 28.8 Å². The van der Waals surface area contributed by atoms with Crippen LogP contribution < -0.4 is 10.5 Å². The molecule has 1 spiro atoms. The van der Waals surface area contributed by atoms with E-state index in [4.69, 9.17) is 0 Å². The first kappa shape index (κ1) is 15.5. The molecular formula is C14H16N8O3S. The van der Waals surface area contributed by atoms with Crippen LogP contribution >= 0.6 is 10.6 Å². The molecule has 0 saturated carbocycles. The maximum absolute atomic E-state index is 12.6. The Morgan fingerprint density at radius 3 is 2.65 bits per heavy atom. The first-order valence-electron chi connectivity index (χ1n) is 7.93. The molecule has 5 rings (SSSR count). The molecule has 0 bridgehead atoms. The van der Waals surface area contributed by atoms with Gasteiger partial charge in [0, 0.05) is 36.1 Å². The van der Waals surface area contributed by atoms with Gasteiger partial charge in [0.2, 0.25) is 0 Å². The zero-order valence-electron chi connectivity index (χ0n) is 13.6. The highest BCUT2D eigenvalue weighted by Crippen LogP contribution is 2.62. The molecule has 11 nitrogen and oxygen atoms in total. The van der Waals surface area contributed by atoms with Crippen molar-refractivity contribution in [3.8, 4) is 11.5 Å². The first-order valence-corrected chi connectivity index (χ1v) is 9.81. The van der Waals surface area contributed by atoms with Gasteiger partial charge >= 0.3 is 0 Å². The van der Waals surface area contributed by atoms with Crippen molar-refractivity contribution in [3.05, 3.63) is 41.3 Å². The van der Waals surface area contributed by atoms with Gasteiger partial charge in [-0.1, -0.05) is 5.21 Å². The summed E-state index contributed by atoms with van der Waals surface area (Å²) in [5.41, 5.74) is 0.0337. The van der Waals surface area contributed by atoms with Crippen LogP contribution in [0.5, 0.6) is 0 Å². The van der Waals surface area contributed by atoms with Gasteiger partial charge in [0.1, 0.15) is 12.1 Å². The lowest BCUT2D eigenvalue weighted by atomic mass is 9.83. The van der Waals surface area contributed by atoms with E-state index in [1.54, 1.807) is 12.3 Å². The van der Waals surface area contributed by atoms with E-state index < -0.39 is 10.6 Å². The molecule has 2 fully saturated rings. The molecule has 12 heteroatoms. The molecule has 136 valence electrons. The van der Waals surface area contributed by atoms with Crippen molar-refractivity contribution in [1.82, 2.24) is 34.7 Å². The second kappa shape index (κ2) is 5.16. The Balaban J connectivity index is 1.39. The predicted octanol–water partition coefficient (Wildman–Crippen LogP) is 0.107. The van der Waals surface area contributed by atoms with Crippen molar-refractivity contribution in [2.75, 3.05) is 29.5 Å². The van der Waals surface area contributed by atoms with Gasteiger partial charge < -0.3 is 4.90 Å². The predicted molar refractivity (Wildman–Crippen MR) is 94.1 cm³/mol. The molecule has 3 aromatic heterocycles. The molecule has 26 heavy (non-hydrogen) atoms. The van der Waals surface area contributed by atoms with E-state index in [1.165, 1.54) is 28.1 Å². The molecule has 0 amide bonds. The number of hydrogen-bond acceptors (Lipinski definition) is 8. The highest BCUT2D eigenvalue weighted by molar-refractivity contribution is 8.25. The fourth-order valence-electron chi connectivity index (χ4n) is 3.71. The van der Waals surface area contributed by atoms with Crippen LogP contribution in [0.2, 0.25) is 0 Å². The summed E-state index contributed by atoms with van der Waals surface area (Å²) in [6, 6.07) is 1.73. The summed E-state index contributed by atoms with van der Waals surface area (Å²) in [7, 11) is -2.35. The van der Waals surface area contributed by atoms with E-state index in [9.17, 15) is 13.9 Å². The van der Waals surface area contributed by atoms with Gasteiger partial charge in [-0.05, 0) is 0 Å². The summed E-state index contributed by atoms with van der Waals surface area (Å²) in [6.07, 6.45) is 6.03. The van der Waals surface area contributed by atoms with E-state index in [1.807, 2.05) is 4.90 Å². The third-order valence-corrected chi connectivity index (χ3v) is 6.89. The highest BCUT2D eigenvalue weighted by Gasteiger charge is 2.56. The van der Waals surface area contributed by atoms with Crippen molar-refractivity contribution < 1.29 is 9.11 Å². The van der Waals surface area contributed by atoms with Crippen LogP contribution in [0.4, 0.5) is 5.82 Å². The van der Waals surface area contributed by atoms with Crippen LogP contribution in [-0.2, 0) is 0 Å². The molecule has 0 aliphatic carbocycles. The van der Waals surface area contributed by atoms with Gasteiger partial charge in [-0.2, -0.15) is 15.3 Å². The Bertz CT molecular complexity index is 1010. The van der Waals surface area contributed by atoms with Crippen LogP contribution in [0.1, 0.15) is 0 Å². The Morgan fingerprint density at radius 1 is 1.19 bits per heavy atom. The Morgan fingerprint density at radius 2 is 1.96 bits per heavy atom. The molecule has 2 saturated heterocycles. The average molecular weight is 376 g/mol. The second-order valence-corrected chi connectivity index (χ2v) is 9.01. The minimum Gasteiger partial charge on any atom is -0.355 e. The number of hydrogen-bond donors (Lipinski definition) is 3. The molecule has 2 aliphatic rings. The summed E-state index contributed by atoms with van der Waals surface area (Å²) in [6.45, 7) is 1.45. The maximum atomic E-state index is 12.6. The lowest BCUT2D eigenvalue weighted by Crippen LogP contribution is -2.67. The fraction of sp³-hybridized carbons (Fsp3) is 0.357. The zero-order chi connectivity index (χ0) is 17.9. The van der Waals surface area contributed by atoms with Crippen LogP contribution in [0.15, 0.2) is 35.8 Å². The number of H-pyrrole nitrogens is 1. The fourth-order valence-corrected chi connectivity index (χ4v) is 5.95. The summed E-state index contributed by atoms with van der Waals surface area (Å²) in [4.78, 5) is 23.1. The van der Waals surface area contributed by atoms with Gasteiger partial charge in [-0.15, -0.1) is 5.10 Å². The number of anilines is 1. The topological polar surface area (TPSA) is 138 Å². The normalized spacial score (nSPS) is 21.2. The standard InChI is InChI=1S/C14H16N8O3S/c23-13-10(21-2-1-17-19-21)4-18-22(13)12-3-11(15-9-16-12)20-5-14(6-20)7-26(24,25)8-14/h1-4,9,18,24-25H,5-8H2. The van der Waals surface area contributed by atoms with Crippen LogP contribution in [0.25, 0.3) is 11.5 Å². The molecule has 3 N–H and O–H groups in total. The van der Waals surface area contributed by atoms with E-state index in [2.05, 4.69) is 25.4 Å².